The molecule has 0 amide bonds. The molecule has 0 bridgehead atoms. The minimum absolute atomic E-state index is 0.170. The van der Waals surface area contributed by atoms with E-state index in [1.165, 1.54) is 0 Å². The number of aliphatic hydroxyl groups excluding tert-OH is 1. The second-order valence-electron chi connectivity index (χ2n) is 12.2. The number of unbranched alkanes of at least 4 members (excludes halogenated alkanes) is 9. The van der Waals surface area contributed by atoms with Crippen molar-refractivity contribution in [2.75, 3.05) is 19.8 Å². The summed E-state index contributed by atoms with van der Waals surface area (Å²) in [5, 5.41) is 8.77. The highest BCUT2D eigenvalue weighted by molar-refractivity contribution is 7.46. The normalized spacial score (nSPS) is 13.4. The van der Waals surface area contributed by atoms with Crippen molar-refractivity contribution in [2.24, 2.45) is 0 Å². The number of rotatable bonds is 34. The van der Waals surface area contributed by atoms with Gasteiger partial charge < -0.3 is 24.4 Å². The molecule has 0 spiro atoms. The van der Waals surface area contributed by atoms with Gasteiger partial charge in [0.15, 0.2) is 6.10 Å². The van der Waals surface area contributed by atoms with Crippen LogP contribution < -0.4 is 0 Å². The maximum Gasteiger partial charge on any atom is 0.469 e. The van der Waals surface area contributed by atoms with E-state index in [4.69, 9.17) is 24.4 Å². The van der Waals surface area contributed by atoms with Crippen LogP contribution in [0.3, 0.4) is 0 Å². The Kier molecular flexibility index (Phi) is 34.9. The monoisotopic (exact) mass is 734 g/mol. The standard InChI is InChI=1S/C41H67O9P/c1-2-3-4-5-6-7-8-9-13-17-20-23-26-29-32-35-41(44)50-39(38-49-51(45,46)47)37-48-40(43)34-31-28-25-22-19-16-14-11-10-12-15-18-21-24-27-30-33-36-42/h3-4,6-7,9-10,12-14,16,18,21-22,25,39,42H,2,5,8,11,15,17,19-20,23-24,26-38H2,1H3,(H2,45,46,47)/b4-3-,7-6-,12-10-,13-9-,16-14-,21-18-,25-22-/t39-/m1/s1. The molecular formula is C41H67O9P. The molecule has 0 radical (unpaired) electrons. The van der Waals surface area contributed by atoms with Crippen LogP contribution in [0.15, 0.2) is 85.1 Å². The van der Waals surface area contributed by atoms with Crippen molar-refractivity contribution in [3.63, 3.8) is 0 Å². The van der Waals surface area contributed by atoms with Crippen molar-refractivity contribution in [1.29, 1.82) is 0 Å². The van der Waals surface area contributed by atoms with E-state index in [0.717, 1.165) is 96.3 Å². The maximum atomic E-state index is 12.4. The quantitative estimate of drug-likeness (QED) is 0.0255. The maximum absolute atomic E-state index is 12.4. The number of ether oxygens (including phenoxy) is 2. The van der Waals surface area contributed by atoms with Crippen LogP contribution in [0.4, 0.5) is 0 Å². The Morgan fingerprint density at radius 2 is 0.980 bits per heavy atom. The predicted molar refractivity (Wildman–Crippen MR) is 208 cm³/mol. The summed E-state index contributed by atoms with van der Waals surface area (Å²) >= 11 is 0. The minimum Gasteiger partial charge on any atom is -0.462 e. The van der Waals surface area contributed by atoms with E-state index >= 15 is 0 Å². The first kappa shape index (κ1) is 48.2. The molecule has 10 heteroatoms. The fraction of sp³-hybridized carbons (Fsp3) is 0.610. The van der Waals surface area contributed by atoms with Gasteiger partial charge in [0, 0.05) is 19.4 Å². The third kappa shape index (κ3) is 39.8. The number of allylic oxidation sites excluding steroid dienone is 14. The fourth-order valence-corrected chi connectivity index (χ4v) is 5.01. The first-order valence-corrected chi connectivity index (χ1v) is 20.5. The van der Waals surface area contributed by atoms with Crippen LogP contribution in [-0.2, 0) is 28.2 Å². The zero-order chi connectivity index (χ0) is 37.5. The molecule has 0 unspecified atom stereocenters. The molecule has 0 aromatic carbocycles. The van der Waals surface area contributed by atoms with Crippen molar-refractivity contribution in [3.05, 3.63) is 85.1 Å². The van der Waals surface area contributed by atoms with Crippen LogP contribution in [0.5, 0.6) is 0 Å². The number of carbonyl (C=O) groups excluding carboxylic acids is 2. The molecule has 0 saturated carbocycles. The van der Waals surface area contributed by atoms with E-state index in [1.807, 2.05) is 12.2 Å². The largest absolute Gasteiger partial charge is 0.469 e. The molecule has 290 valence electrons. The smallest absolute Gasteiger partial charge is 0.462 e. The summed E-state index contributed by atoms with van der Waals surface area (Å²) in [6.07, 6.45) is 46.1. The second-order valence-corrected chi connectivity index (χ2v) is 13.5. The van der Waals surface area contributed by atoms with Crippen LogP contribution in [0, 0.1) is 0 Å². The van der Waals surface area contributed by atoms with Crippen LogP contribution in [0.1, 0.15) is 135 Å². The van der Waals surface area contributed by atoms with Gasteiger partial charge in [0.1, 0.15) is 6.61 Å². The third-order valence-corrected chi connectivity index (χ3v) is 7.94. The molecule has 0 heterocycles. The molecule has 1 atom stereocenters. The van der Waals surface area contributed by atoms with Gasteiger partial charge in [0.25, 0.3) is 0 Å². The number of aliphatic hydroxyl groups is 1. The average molecular weight is 735 g/mol. The van der Waals surface area contributed by atoms with E-state index in [-0.39, 0.29) is 26.1 Å². The van der Waals surface area contributed by atoms with E-state index < -0.39 is 32.5 Å². The lowest BCUT2D eigenvalue weighted by atomic mass is 10.1. The van der Waals surface area contributed by atoms with E-state index in [9.17, 15) is 14.2 Å². The van der Waals surface area contributed by atoms with Crippen LogP contribution in [-0.4, -0.2) is 52.8 Å². The van der Waals surface area contributed by atoms with Crippen molar-refractivity contribution in [2.45, 2.75) is 141 Å². The van der Waals surface area contributed by atoms with Gasteiger partial charge in [-0.2, -0.15) is 0 Å². The van der Waals surface area contributed by atoms with Crippen molar-refractivity contribution < 1.29 is 43.0 Å². The van der Waals surface area contributed by atoms with E-state index in [2.05, 4.69) is 84.4 Å². The topological polar surface area (TPSA) is 140 Å². The summed E-state index contributed by atoms with van der Waals surface area (Å²) in [5.74, 6) is -0.994. The summed E-state index contributed by atoms with van der Waals surface area (Å²) in [6.45, 7) is 1.50. The van der Waals surface area contributed by atoms with Gasteiger partial charge in [0.2, 0.25) is 0 Å². The summed E-state index contributed by atoms with van der Waals surface area (Å²) in [6, 6.07) is 0. The number of hydrogen-bond donors (Lipinski definition) is 3. The van der Waals surface area contributed by atoms with Crippen molar-refractivity contribution >= 4 is 19.8 Å². The van der Waals surface area contributed by atoms with Gasteiger partial charge in [-0.3, -0.25) is 14.1 Å². The first-order valence-electron chi connectivity index (χ1n) is 19.0. The van der Waals surface area contributed by atoms with Crippen LogP contribution in [0.2, 0.25) is 0 Å². The molecule has 3 N–H and O–H groups in total. The molecule has 0 aliphatic carbocycles. The van der Waals surface area contributed by atoms with Crippen molar-refractivity contribution in [3.8, 4) is 0 Å². The highest BCUT2D eigenvalue weighted by Crippen LogP contribution is 2.35. The number of esters is 2. The lowest BCUT2D eigenvalue weighted by Gasteiger charge is -2.18. The van der Waals surface area contributed by atoms with E-state index in [0.29, 0.717) is 19.3 Å². The summed E-state index contributed by atoms with van der Waals surface area (Å²) < 4.78 is 26.2. The van der Waals surface area contributed by atoms with Gasteiger partial charge in [-0.15, -0.1) is 0 Å². The Bertz CT molecular complexity index is 1100. The van der Waals surface area contributed by atoms with Gasteiger partial charge in [-0.1, -0.05) is 118 Å². The Morgan fingerprint density at radius 1 is 0.549 bits per heavy atom. The molecule has 0 aliphatic rings. The van der Waals surface area contributed by atoms with Crippen LogP contribution >= 0.6 is 7.82 Å². The second kappa shape index (κ2) is 37.0. The zero-order valence-corrected chi connectivity index (χ0v) is 32.1. The zero-order valence-electron chi connectivity index (χ0n) is 31.2. The lowest BCUT2D eigenvalue weighted by molar-refractivity contribution is -0.161. The highest BCUT2D eigenvalue weighted by atomic mass is 31.2. The molecule has 9 nitrogen and oxygen atoms in total. The molecule has 0 aromatic rings. The Hall–Kier alpha value is -2.81. The first-order chi connectivity index (χ1) is 24.8. The molecule has 0 saturated heterocycles. The highest BCUT2D eigenvalue weighted by Gasteiger charge is 2.22. The van der Waals surface area contributed by atoms with Gasteiger partial charge in [0.05, 0.1) is 6.61 Å². The molecular weight excluding hydrogens is 667 g/mol. The fourth-order valence-electron chi connectivity index (χ4n) is 4.65. The van der Waals surface area contributed by atoms with Crippen molar-refractivity contribution in [1.82, 2.24) is 0 Å². The molecule has 51 heavy (non-hydrogen) atoms. The molecule has 0 aromatic heterocycles. The van der Waals surface area contributed by atoms with Gasteiger partial charge >= 0.3 is 19.8 Å². The third-order valence-electron chi connectivity index (χ3n) is 7.45. The average Bonchev–Trinajstić information content (AvgIpc) is 3.10. The summed E-state index contributed by atoms with van der Waals surface area (Å²) in [4.78, 5) is 42.7. The lowest BCUT2D eigenvalue weighted by Crippen LogP contribution is -2.29. The molecule has 0 rings (SSSR count). The number of hydrogen-bond acceptors (Lipinski definition) is 7. The van der Waals surface area contributed by atoms with Crippen LogP contribution in [0.25, 0.3) is 0 Å². The number of phosphoric acid groups is 1. The number of carbonyl (C=O) groups is 2. The molecule has 0 aliphatic heterocycles. The van der Waals surface area contributed by atoms with Gasteiger partial charge in [-0.25, -0.2) is 4.57 Å². The summed E-state index contributed by atoms with van der Waals surface area (Å²) in [7, 11) is -4.78. The predicted octanol–water partition coefficient (Wildman–Crippen LogP) is 10.3. The van der Waals surface area contributed by atoms with E-state index in [1.54, 1.807) is 0 Å². The van der Waals surface area contributed by atoms with Gasteiger partial charge in [-0.05, 0) is 89.9 Å². The Labute approximate surface area is 308 Å². The summed E-state index contributed by atoms with van der Waals surface area (Å²) in [5.41, 5.74) is 0. The Morgan fingerprint density at radius 3 is 1.49 bits per heavy atom. The molecule has 0 fully saturated rings. The number of phosphoric ester groups is 1. The minimum atomic E-state index is -4.78. The Balaban J connectivity index is 4.11. The SMILES string of the molecule is CC/C=C\C/C=C\C/C=C\CCCCCCCC(=O)O[C@H](COC(=O)CCC/C=C\C/C=C\C/C=C\C/C=C\CCCCCO)COP(=O)(O)O.